The lowest BCUT2D eigenvalue weighted by Crippen LogP contribution is -2.52. The van der Waals surface area contributed by atoms with E-state index in [2.05, 4.69) is 26.8 Å². The third-order valence-corrected chi connectivity index (χ3v) is 7.06. The number of nitrogens with zero attached hydrogens (tertiary/aromatic N) is 4. The number of fused-ring (bicyclic) bond motifs is 1. The van der Waals surface area contributed by atoms with Crippen molar-refractivity contribution >= 4 is 28.3 Å². The summed E-state index contributed by atoms with van der Waals surface area (Å²) in [5, 5.41) is 3.99. The van der Waals surface area contributed by atoms with Gasteiger partial charge in [0.15, 0.2) is 34.7 Å². The standard InChI is InChI=1S/C27H29F2N5O5/c1-5-15(35)6-14-12-39-13-19(14)31-22-7-17-18(9-30-22)32-26(33-27(17)34-10-16(11-34)36-2)23-24(28)20(37-3)8-21(38-4)25(23)29/h5,7-9,14,16,19H,1,6,10-13H2,2-4H3,(H,30,31)/t14-,19+/m0/s1. The molecular formula is C27H29F2N5O5. The van der Waals surface area contributed by atoms with E-state index in [1.54, 1.807) is 13.2 Å². The number of carbonyl (C=O) groups excluding carboxylic acids is 1. The van der Waals surface area contributed by atoms with Crippen molar-refractivity contribution in [1.82, 2.24) is 15.0 Å². The molecule has 0 spiro atoms. The number of allylic oxidation sites excluding steroid dienone is 1. The van der Waals surface area contributed by atoms with E-state index in [1.165, 1.54) is 26.5 Å². The predicted molar refractivity (Wildman–Crippen MR) is 140 cm³/mol. The highest BCUT2D eigenvalue weighted by Gasteiger charge is 2.33. The number of hydrogen-bond acceptors (Lipinski definition) is 10. The van der Waals surface area contributed by atoms with Crippen molar-refractivity contribution in [1.29, 1.82) is 0 Å². The van der Waals surface area contributed by atoms with Crippen LogP contribution in [0, 0.1) is 17.6 Å². The Bertz CT molecular complexity index is 1390. The molecule has 10 nitrogen and oxygen atoms in total. The highest BCUT2D eigenvalue weighted by Crippen LogP contribution is 2.39. The molecule has 206 valence electrons. The summed E-state index contributed by atoms with van der Waals surface area (Å²) in [5.74, 6) is -1.50. The Hall–Kier alpha value is -3.90. The van der Waals surface area contributed by atoms with Crippen molar-refractivity contribution in [3.05, 3.63) is 42.6 Å². The molecule has 2 aliphatic rings. The van der Waals surface area contributed by atoms with Crippen LogP contribution in [0.25, 0.3) is 22.3 Å². The average molecular weight is 542 g/mol. The molecule has 0 bridgehead atoms. The first-order chi connectivity index (χ1) is 18.9. The summed E-state index contributed by atoms with van der Waals surface area (Å²) in [6.45, 7) is 5.51. The normalized spacial score (nSPS) is 19.2. The Morgan fingerprint density at radius 1 is 1.15 bits per heavy atom. The Morgan fingerprint density at radius 3 is 2.51 bits per heavy atom. The van der Waals surface area contributed by atoms with E-state index in [-0.39, 0.29) is 41.2 Å². The summed E-state index contributed by atoms with van der Waals surface area (Å²) >= 11 is 0. The molecule has 0 aliphatic carbocycles. The van der Waals surface area contributed by atoms with Crippen LogP contribution in [0.3, 0.4) is 0 Å². The van der Waals surface area contributed by atoms with Crippen LogP contribution in [0.2, 0.25) is 0 Å². The fourth-order valence-corrected chi connectivity index (χ4v) is 4.78. The summed E-state index contributed by atoms with van der Waals surface area (Å²) in [7, 11) is 4.19. The summed E-state index contributed by atoms with van der Waals surface area (Å²) in [5.41, 5.74) is -0.0683. The lowest BCUT2D eigenvalue weighted by Gasteiger charge is -2.39. The minimum atomic E-state index is -0.938. The number of anilines is 2. The maximum Gasteiger partial charge on any atom is 0.179 e. The number of rotatable bonds is 10. The second kappa shape index (κ2) is 11.1. The number of nitrogens with one attached hydrogen (secondary N) is 1. The molecule has 0 amide bonds. The third kappa shape index (κ3) is 5.09. The maximum absolute atomic E-state index is 15.3. The van der Waals surface area contributed by atoms with E-state index in [0.29, 0.717) is 55.3 Å². The fraction of sp³-hybridized carbons (Fsp3) is 0.407. The van der Waals surface area contributed by atoms with Gasteiger partial charge in [0.2, 0.25) is 0 Å². The molecule has 12 heteroatoms. The van der Waals surface area contributed by atoms with Gasteiger partial charge in [0.1, 0.15) is 11.6 Å². The lowest BCUT2D eigenvalue weighted by molar-refractivity contribution is -0.115. The number of hydrogen-bond donors (Lipinski definition) is 1. The van der Waals surface area contributed by atoms with Gasteiger partial charge in [-0.2, -0.15) is 0 Å². The topological polar surface area (TPSA) is 108 Å². The number of halogens is 2. The molecule has 1 N–H and O–H groups in total. The van der Waals surface area contributed by atoms with Gasteiger partial charge in [-0.25, -0.2) is 23.7 Å². The van der Waals surface area contributed by atoms with E-state index in [4.69, 9.17) is 18.9 Å². The smallest absolute Gasteiger partial charge is 0.179 e. The van der Waals surface area contributed by atoms with Crippen LogP contribution in [0.4, 0.5) is 20.4 Å². The van der Waals surface area contributed by atoms with Crippen molar-refractivity contribution in [2.24, 2.45) is 5.92 Å². The largest absolute Gasteiger partial charge is 0.494 e. The van der Waals surface area contributed by atoms with Gasteiger partial charge in [-0.3, -0.25) is 4.79 Å². The second-order valence-corrected chi connectivity index (χ2v) is 9.43. The van der Waals surface area contributed by atoms with Gasteiger partial charge < -0.3 is 29.2 Å². The van der Waals surface area contributed by atoms with Crippen LogP contribution in [0.15, 0.2) is 31.0 Å². The summed E-state index contributed by atoms with van der Waals surface area (Å²) < 4.78 is 51.8. The quantitative estimate of drug-likeness (QED) is 0.384. The molecule has 4 heterocycles. The van der Waals surface area contributed by atoms with Gasteiger partial charge in [0, 0.05) is 44.0 Å². The number of ketones is 1. The molecule has 1 aromatic carbocycles. The lowest BCUT2D eigenvalue weighted by atomic mass is 9.97. The van der Waals surface area contributed by atoms with E-state index in [1.807, 2.05) is 4.90 Å². The van der Waals surface area contributed by atoms with Crippen LogP contribution in [0.5, 0.6) is 11.5 Å². The molecule has 0 unspecified atom stereocenters. The van der Waals surface area contributed by atoms with E-state index in [9.17, 15) is 4.79 Å². The summed E-state index contributed by atoms with van der Waals surface area (Å²) in [6.07, 6.45) is 3.16. The molecule has 0 saturated carbocycles. The minimum Gasteiger partial charge on any atom is -0.494 e. The number of ether oxygens (including phenoxy) is 4. The molecule has 0 radical (unpaired) electrons. The van der Waals surface area contributed by atoms with Crippen molar-refractivity contribution in [3.63, 3.8) is 0 Å². The average Bonchev–Trinajstić information content (AvgIpc) is 3.34. The number of aromatic nitrogens is 3. The Balaban J connectivity index is 1.57. The zero-order chi connectivity index (χ0) is 27.7. The molecule has 3 aromatic rings. The zero-order valence-electron chi connectivity index (χ0n) is 21.9. The number of carbonyl (C=O) groups is 1. The van der Waals surface area contributed by atoms with Gasteiger partial charge >= 0.3 is 0 Å². The van der Waals surface area contributed by atoms with Crippen molar-refractivity contribution in [2.75, 3.05) is 57.8 Å². The van der Waals surface area contributed by atoms with E-state index >= 15 is 8.78 Å². The minimum absolute atomic E-state index is 0.00192. The molecule has 2 atom stereocenters. The zero-order valence-corrected chi connectivity index (χ0v) is 21.9. The third-order valence-electron chi connectivity index (χ3n) is 7.06. The van der Waals surface area contributed by atoms with Crippen LogP contribution in [-0.2, 0) is 14.3 Å². The van der Waals surface area contributed by atoms with Crippen molar-refractivity contribution < 1.29 is 32.5 Å². The molecule has 39 heavy (non-hydrogen) atoms. The predicted octanol–water partition coefficient (Wildman–Crippen LogP) is 3.39. The van der Waals surface area contributed by atoms with Crippen LogP contribution < -0.4 is 19.7 Å². The second-order valence-electron chi connectivity index (χ2n) is 9.43. The van der Waals surface area contributed by atoms with Crippen molar-refractivity contribution in [2.45, 2.75) is 18.6 Å². The first kappa shape index (κ1) is 26.7. The number of benzene rings is 1. The molecule has 2 aromatic heterocycles. The molecule has 5 rings (SSSR count). The van der Waals surface area contributed by atoms with Crippen LogP contribution in [0.1, 0.15) is 6.42 Å². The Morgan fingerprint density at radius 2 is 1.87 bits per heavy atom. The van der Waals surface area contributed by atoms with E-state index < -0.39 is 17.2 Å². The molecule has 2 fully saturated rings. The van der Waals surface area contributed by atoms with Gasteiger partial charge in [0.05, 0.1) is 56.9 Å². The first-order valence-corrected chi connectivity index (χ1v) is 12.4. The van der Waals surface area contributed by atoms with Gasteiger partial charge in [-0.15, -0.1) is 0 Å². The highest BCUT2D eigenvalue weighted by atomic mass is 19.1. The van der Waals surface area contributed by atoms with E-state index in [0.717, 1.165) is 6.07 Å². The highest BCUT2D eigenvalue weighted by molar-refractivity contribution is 5.93. The first-order valence-electron chi connectivity index (χ1n) is 12.4. The Kier molecular flexibility index (Phi) is 7.58. The fourth-order valence-electron chi connectivity index (χ4n) is 4.78. The van der Waals surface area contributed by atoms with Crippen LogP contribution in [-0.4, -0.2) is 80.5 Å². The molecule has 2 aliphatic heterocycles. The molecule has 2 saturated heterocycles. The Labute approximate surface area is 223 Å². The maximum atomic E-state index is 15.3. The molecular weight excluding hydrogens is 512 g/mol. The number of pyridine rings is 1. The summed E-state index contributed by atoms with van der Waals surface area (Å²) in [6, 6.07) is 2.80. The van der Waals surface area contributed by atoms with Gasteiger partial charge in [0.25, 0.3) is 0 Å². The summed E-state index contributed by atoms with van der Waals surface area (Å²) in [4.78, 5) is 27.4. The van der Waals surface area contributed by atoms with Gasteiger partial charge in [-0.05, 0) is 12.1 Å². The van der Waals surface area contributed by atoms with Gasteiger partial charge in [-0.1, -0.05) is 6.58 Å². The van der Waals surface area contributed by atoms with Crippen LogP contribution >= 0.6 is 0 Å². The SMILES string of the molecule is C=CC(=O)C[C@H]1COC[C@H]1Nc1cc2c(N3CC(OC)C3)nc(-c3c(F)c(OC)cc(OC)c3F)nc2cn1. The van der Waals surface area contributed by atoms with Crippen molar-refractivity contribution in [3.8, 4) is 22.9 Å². The monoisotopic (exact) mass is 541 g/mol. The number of methoxy groups -OCH3 is 3.